The van der Waals surface area contributed by atoms with Gasteiger partial charge in [0.25, 0.3) is 0 Å². The van der Waals surface area contributed by atoms with Crippen LogP contribution in [0.4, 0.5) is 4.39 Å². The first-order chi connectivity index (χ1) is 13.1. The molecule has 0 aliphatic rings. The Labute approximate surface area is 165 Å². The maximum absolute atomic E-state index is 9.50. The van der Waals surface area contributed by atoms with Gasteiger partial charge in [-0.2, -0.15) is 0 Å². The van der Waals surface area contributed by atoms with Gasteiger partial charge in [0.1, 0.15) is 0 Å². The Morgan fingerprint density at radius 3 is 1.81 bits per heavy atom. The van der Waals surface area contributed by atoms with Crippen molar-refractivity contribution < 1.29 is 4.39 Å². The van der Waals surface area contributed by atoms with Crippen LogP contribution >= 0.6 is 0 Å². The van der Waals surface area contributed by atoms with E-state index >= 15 is 0 Å². The van der Waals surface area contributed by atoms with Gasteiger partial charge in [0.2, 0.25) is 0 Å². The van der Waals surface area contributed by atoms with Gasteiger partial charge in [-0.3, -0.25) is 9.37 Å². The van der Waals surface area contributed by atoms with E-state index in [0.717, 1.165) is 11.6 Å². The first-order valence-corrected chi connectivity index (χ1v) is 9.90. The number of hydrogen-bond acceptors (Lipinski definition) is 1. The van der Waals surface area contributed by atoms with Gasteiger partial charge in [-0.05, 0) is 17.4 Å². The Morgan fingerprint density at radius 1 is 0.778 bits per heavy atom. The summed E-state index contributed by atoms with van der Waals surface area (Å²) in [7, 11) is 0.500. The zero-order valence-corrected chi connectivity index (χ0v) is 17.9. The lowest BCUT2D eigenvalue weighted by Gasteiger charge is -2.04. The molecule has 0 bridgehead atoms. The van der Waals surface area contributed by atoms with Gasteiger partial charge in [-0.1, -0.05) is 108 Å². The van der Waals surface area contributed by atoms with E-state index in [2.05, 4.69) is 76.0 Å². The first-order valence-electron chi connectivity index (χ1n) is 9.90. The van der Waals surface area contributed by atoms with Crippen molar-refractivity contribution in [3.05, 3.63) is 66.9 Å². The predicted molar refractivity (Wildman–Crippen MR) is 120 cm³/mol. The average Bonchev–Trinajstić information content (AvgIpc) is 2.76. The van der Waals surface area contributed by atoms with Crippen molar-refractivity contribution >= 4 is 10.8 Å². The molecule has 0 fully saturated rings. The fourth-order valence-electron chi connectivity index (χ4n) is 1.95. The molecule has 3 rings (SSSR count). The van der Waals surface area contributed by atoms with Crippen LogP contribution in [0.1, 0.15) is 53.9 Å². The molecule has 0 atom stereocenters. The molecule has 148 valence electrons. The van der Waals surface area contributed by atoms with Crippen molar-refractivity contribution in [1.29, 1.82) is 0 Å². The number of benzene rings is 2. The molecule has 0 saturated carbocycles. The summed E-state index contributed by atoms with van der Waals surface area (Å²) < 4.78 is 9.50. The number of fused-ring (bicyclic) bond motifs is 1. The van der Waals surface area contributed by atoms with Gasteiger partial charge >= 0.3 is 0 Å². The zero-order valence-electron chi connectivity index (χ0n) is 17.9. The van der Waals surface area contributed by atoms with Gasteiger partial charge in [0, 0.05) is 17.1 Å². The quantitative estimate of drug-likeness (QED) is 0.452. The molecule has 1 nitrogen and oxygen atoms in total. The molecular formula is C25H36FN. The molecule has 3 aromatic rings. The number of nitrogens with zero attached hydrogens (tertiary/aromatic N) is 1. The zero-order chi connectivity index (χ0) is 20.5. The minimum atomic E-state index is 0.500. The molecule has 0 radical (unpaired) electrons. The van der Waals surface area contributed by atoms with Crippen LogP contribution in [0, 0.1) is 5.92 Å². The molecule has 0 spiro atoms. The molecule has 0 aliphatic heterocycles. The Morgan fingerprint density at radius 2 is 1.30 bits per heavy atom. The van der Waals surface area contributed by atoms with Crippen molar-refractivity contribution in [2.24, 2.45) is 5.92 Å². The third-order valence-electron chi connectivity index (χ3n) is 4.04. The summed E-state index contributed by atoms with van der Waals surface area (Å²) in [6.07, 6.45) is 5.81. The van der Waals surface area contributed by atoms with Crippen LogP contribution in [-0.2, 0) is 0 Å². The number of pyridine rings is 1. The SMILES string of the molecule is CCC(C)C.CCCC.CF.c1ccc(-c2nccc3ccccc23)cc1. The minimum Gasteiger partial charge on any atom is -0.256 e. The Bertz CT molecular complexity index is 700. The lowest BCUT2D eigenvalue weighted by Crippen LogP contribution is -1.84. The second kappa shape index (κ2) is 16.0. The monoisotopic (exact) mass is 369 g/mol. The average molecular weight is 370 g/mol. The fourth-order valence-corrected chi connectivity index (χ4v) is 1.95. The summed E-state index contributed by atoms with van der Waals surface area (Å²) in [4.78, 5) is 4.48. The normalized spacial score (nSPS) is 9.33. The number of unbranched alkanes of at least 4 members (excludes halogenated alkanes) is 1. The highest BCUT2D eigenvalue weighted by Crippen LogP contribution is 2.25. The summed E-state index contributed by atoms with van der Waals surface area (Å²) in [6, 6.07) is 20.7. The third-order valence-corrected chi connectivity index (χ3v) is 4.04. The topological polar surface area (TPSA) is 12.9 Å². The Kier molecular flexibility index (Phi) is 14.7. The van der Waals surface area contributed by atoms with Crippen LogP contribution in [0.3, 0.4) is 0 Å². The molecule has 0 N–H and O–H groups in total. The molecule has 0 amide bonds. The Balaban J connectivity index is 0.000000517. The summed E-state index contributed by atoms with van der Waals surface area (Å²) in [5.41, 5.74) is 2.22. The van der Waals surface area contributed by atoms with Crippen molar-refractivity contribution in [3.8, 4) is 11.3 Å². The summed E-state index contributed by atoms with van der Waals surface area (Å²) in [5.74, 6) is 0.884. The molecule has 2 heteroatoms. The highest BCUT2D eigenvalue weighted by Gasteiger charge is 2.03. The number of aromatic nitrogens is 1. The smallest absolute Gasteiger partial charge is 0.0785 e. The first kappa shape index (κ1) is 24.8. The lowest BCUT2D eigenvalue weighted by molar-refractivity contribution is 0.626. The van der Waals surface area contributed by atoms with Crippen LogP contribution in [0.2, 0.25) is 0 Å². The van der Waals surface area contributed by atoms with E-state index in [1.54, 1.807) is 0 Å². The van der Waals surface area contributed by atoms with Gasteiger partial charge in [-0.15, -0.1) is 0 Å². The Hall–Kier alpha value is -2.22. The summed E-state index contributed by atoms with van der Waals surface area (Å²) in [5, 5.41) is 2.44. The number of alkyl halides is 1. The molecular weight excluding hydrogens is 333 g/mol. The van der Waals surface area contributed by atoms with E-state index in [-0.39, 0.29) is 0 Å². The highest BCUT2D eigenvalue weighted by atomic mass is 19.1. The van der Waals surface area contributed by atoms with Crippen LogP contribution in [0.25, 0.3) is 22.0 Å². The van der Waals surface area contributed by atoms with Crippen LogP contribution in [0.15, 0.2) is 66.9 Å². The predicted octanol–water partition coefficient (Wildman–Crippen LogP) is 8.35. The van der Waals surface area contributed by atoms with Crippen molar-refractivity contribution in [1.82, 2.24) is 4.98 Å². The maximum Gasteiger partial charge on any atom is 0.0785 e. The molecule has 27 heavy (non-hydrogen) atoms. The second-order valence-electron chi connectivity index (χ2n) is 6.55. The van der Waals surface area contributed by atoms with Crippen molar-refractivity contribution in [2.75, 3.05) is 7.18 Å². The second-order valence-corrected chi connectivity index (χ2v) is 6.55. The molecule has 2 aromatic carbocycles. The van der Waals surface area contributed by atoms with E-state index in [1.807, 2.05) is 30.5 Å². The van der Waals surface area contributed by atoms with Crippen molar-refractivity contribution in [3.63, 3.8) is 0 Å². The molecule has 1 aromatic heterocycles. The van der Waals surface area contributed by atoms with E-state index in [9.17, 15) is 4.39 Å². The lowest BCUT2D eigenvalue weighted by atomic mass is 10.0. The number of rotatable bonds is 3. The molecule has 0 saturated heterocycles. The van der Waals surface area contributed by atoms with Gasteiger partial charge in [-0.25, -0.2) is 0 Å². The van der Waals surface area contributed by atoms with Gasteiger partial charge in [0.15, 0.2) is 0 Å². The van der Waals surface area contributed by atoms with Crippen LogP contribution in [0.5, 0.6) is 0 Å². The number of hydrogen-bond donors (Lipinski definition) is 0. The largest absolute Gasteiger partial charge is 0.256 e. The molecule has 0 unspecified atom stereocenters. The maximum atomic E-state index is 9.50. The van der Waals surface area contributed by atoms with Crippen LogP contribution < -0.4 is 0 Å². The van der Waals surface area contributed by atoms with E-state index in [0.29, 0.717) is 7.18 Å². The van der Waals surface area contributed by atoms with E-state index in [1.165, 1.54) is 35.6 Å². The van der Waals surface area contributed by atoms with E-state index in [4.69, 9.17) is 0 Å². The molecule has 0 aliphatic carbocycles. The van der Waals surface area contributed by atoms with Gasteiger partial charge < -0.3 is 0 Å². The van der Waals surface area contributed by atoms with E-state index < -0.39 is 0 Å². The number of halogens is 1. The summed E-state index contributed by atoms with van der Waals surface area (Å²) in [6.45, 7) is 11.0. The standard InChI is InChI=1S/C15H11N.C5H12.C4H10.CH3F/c1-2-7-13(8-3-1)15-14-9-5-4-6-12(14)10-11-16-15;1-4-5(2)3;1-3-4-2;1-2/h1-11H;5H,4H2,1-3H3;3-4H2,1-2H3;1H3. The highest BCUT2D eigenvalue weighted by molar-refractivity contribution is 5.94. The van der Waals surface area contributed by atoms with Gasteiger partial charge in [0.05, 0.1) is 12.9 Å². The third kappa shape index (κ3) is 9.89. The fraction of sp³-hybridized carbons (Fsp3) is 0.400. The van der Waals surface area contributed by atoms with Crippen LogP contribution in [-0.4, -0.2) is 12.2 Å². The van der Waals surface area contributed by atoms with Crippen molar-refractivity contribution in [2.45, 2.75) is 53.9 Å². The molecule has 1 heterocycles. The minimum absolute atomic E-state index is 0.500. The summed E-state index contributed by atoms with van der Waals surface area (Å²) >= 11 is 0.